The molecule has 5 heteroatoms. The minimum atomic E-state index is -0.202. The summed E-state index contributed by atoms with van der Waals surface area (Å²) in [4.78, 5) is 25.0. The molecule has 2 heterocycles. The molecule has 1 aromatic carbocycles. The topological polar surface area (TPSA) is 65.7 Å². The number of ketones is 1. The van der Waals surface area contributed by atoms with Gasteiger partial charge in [-0.2, -0.15) is 0 Å². The highest BCUT2D eigenvalue weighted by Gasteiger charge is 2.31. The number of fused-ring (bicyclic) bond motifs is 1. The third-order valence-electron chi connectivity index (χ3n) is 5.22. The minimum absolute atomic E-state index is 0.0356. The fraction of sp³-hybridized carbons (Fsp3) is 0.364. The van der Waals surface area contributed by atoms with Crippen LogP contribution in [0.25, 0.3) is 6.08 Å². The first-order valence-corrected chi connectivity index (χ1v) is 9.39. The fourth-order valence-corrected chi connectivity index (χ4v) is 3.67. The molecular weight excluding hydrogens is 344 g/mol. The Labute approximate surface area is 158 Å². The van der Waals surface area contributed by atoms with E-state index in [9.17, 15) is 9.59 Å². The van der Waals surface area contributed by atoms with Crippen LogP contribution in [0.2, 0.25) is 0 Å². The zero-order valence-corrected chi connectivity index (χ0v) is 15.5. The van der Waals surface area contributed by atoms with Gasteiger partial charge in [0.05, 0.1) is 11.5 Å². The Kier molecular flexibility index (Phi) is 4.60. The predicted octanol–water partition coefficient (Wildman–Crippen LogP) is 5.00. The third-order valence-corrected chi connectivity index (χ3v) is 5.22. The summed E-state index contributed by atoms with van der Waals surface area (Å²) in [5, 5.41) is 0. The summed E-state index contributed by atoms with van der Waals surface area (Å²) in [6.07, 6.45) is 6.67. The van der Waals surface area contributed by atoms with Crippen molar-refractivity contribution in [2.75, 3.05) is 0 Å². The monoisotopic (exact) mass is 366 g/mol. The van der Waals surface area contributed by atoms with E-state index in [-0.39, 0.29) is 23.4 Å². The van der Waals surface area contributed by atoms with Gasteiger partial charge in [-0.05, 0) is 51.0 Å². The molecular formula is C22H22O5. The highest BCUT2D eigenvalue weighted by molar-refractivity contribution is 6.14. The van der Waals surface area contributed by atoms with Crippen LogP contribution in [0.15, 0.2) is 34.4 Å². The van der Waals surface area contributed by atoms with Crippen LogP contribution in [0.1, 0.15) is 59.5 Å². The maximum Gasteiger partial charge on any atom is 0.314 e. The van der Waals surface area contributed by atoms with Gasteiger partial charge in [0.15, 0.2) is 5.76 Å². The average molecular weight is 366 g/mol. The van der Waals surface area contributed by atoms with Crippen molar-refractivity contribution in [1.29, 1.82) is 0 Å². The molecule has 140 valence electrons. The maximum atomic E-state index is 12.6. The predicted molar refractivity (Wildman–Crippen MR) is 99.8 cm³/mol. The number of furan rings is 1. The Morgan fingerprint density at radius 2 is 1.89 bits per heavy atom. The number of rotatable bonds is 3. The van der Waals surface area contributed by atoms with Crippen LogP contribution in [0, 0.1) is 19.8 Å². The number of hydrogen-bond acceptors (Lipinski definition) is 5. The number of aryl methyl sites for hydroxylation is 1. The van der Waals surface area contributed by atoms with Crippen molar-refractivity contribution in [3.05, 3.63) is 52.7 Å². The number of carbonyl (C=O) groups is 2. The molecule has 1 aromatic heterocycles. The van der Waals surface area contributed by atoms with E-state index in [1.165, 1.54) is 6.42 Å². The van der Waals surface area contributed by atoms with E-state index < -0.39 is 0 Å². The van der Waals surface area contributed by atoms with E-state index in [0.717, 1.165) is 31.4 Å². The molecule has 0 atom stereocenters. The Morgan fingerprint density at radius 3 is 2.59 bits per heavy atom. The molecule has 1 aliphatic heterocycles. The number of allylic oxidation sites excluding steroid dienone is 1. The SMILES string of the molecule is Cc1ccc(/C=C2\Oc3c(ccc(OC(=O)C4CCCCC4)c3C)C2=O)o1. The van der Waals surface area contributed by atoms with E-state index in [2.05, 4.69) is 0 Å². The van der Waals surface area contributed by atoms with E-state index in [1.54, 1.807) is 31.2 Å². The van der Waals surface area contributed by atoms with Crippen LogP contribution in [0.4, 0.5) is 0 Å². The fourth-order valence-electron chi connectivity index (χ4n) is 3.67. The zero-order valence-electron chi connectivity index (χ0n) is 15.5. The Bertz CT molecular complexity index is 928. The van der Waals surface area contributed by atoms with Gasteiger partial charge in [-0.15, -0.1) is 0 Å². The molecule has 1 fully saturated rings. The van der Waals surface area contributed by atoms with Crippen molar-refractivity contribution in [1.82, 2.24) is 0 Å². The van der Waals surface area contributed by atoms with Gasteiger partial charge in [-0.1, -0.05) is 19.3 Å². The Hall–Kier alpha value is -2.82. The molecule has 0 N–H and O–H groups in total. The molecule has 0 radical (unpaired) electrons. The highest BCUT2D eigenvalue weighted by atomic mass is 16.5. The van der Waals surface area contributed by atoms with Crippen molar-refractivity contribution >= 4 is 17.8 Å². The molecule has 2 aromatic rings. The van der Waals surface area contributed by atoms with Crippen molar-refractivity contribution in [2.24, 2.45) is 5.92 Å². The van der Waals surface area contributed by atoms with Gasteiger partial charge in [0.1, 0.15) is 23.0 Å². The summed E-state index contributed by atoms with van der Waals surface area (Å²) in [6.45, 7) is 3.64. The standard InChI is InChI=1S/C22H22O5/c1-13-8-9-16(25-13)12-19-20(23)17-10-11-18(14(2)21(17)26-19)27-22(24)15-6-4-3-5-7-15/h8-12,15H,3-7H2,1-2H3/b19-12-. The van der Waals surface area contributed by atoms with E-state index >= 15 is 0 Å². The average Bonchev–Trinajstić information content (AvgIpc) is 3.22. The first-order chi connectivity index (χ1) is 13.0. The zero-order chi connectivity index (χ0) is 19.0. The molecule has 4 rings (SSSR count). The number of hydrogen-bond donors (Lipinski definition) is 0. The molecule has 0 amide bonds. The summed E-state index contributed by atoms with van der Waals surface area (Å²) < 4.78 is 16.9. The molecule has 27 heavy (non-hydrogen) atoms. The summed E-state index contributed by atoms with van der Waals surface area (Å²) in [6, 6.07) is 6.94. The van der Waals surface area contributed by atoms with Crippen LogP contribution in [0.5, 0.6) is 11.5 Å². The van der Waals surface area contributed by atoms with E-state index in [4.69, 9.17) is 13.9 Å². The molecule has 0 saturated heterocycles. The first-order valence-electron chi connectivity index (χ1n) is 9.39. The lowest BCUT2D eigenvalue weighted by molar-refractivity contribution is -0.140. The number of esters is 1. The first kappa shape index (κ1) is 17.6. The van der Waals surface area contributed by atoms with Gasteiger partial charge in [0.2, 0.25) is 5.78 Å². The molecule has 1 aliphatic carbocycles. The largest absolute Gasteiger partial charge is 0.462 e. The number of carbonyl (C=O) groups excluding carboxylic acids is 2. The second-order valence-electron chi connectivity index (χ2n) is 7.21. The number of ether oxygens (including phenoxy) is 2. The second-order valence-corrected chi connectivity index (χ2v) is 7.21. The minimum Gasteiger partial charge on any atom is -0.462 e. The molecule has 0 spiro atoms. The lowest BCUT2D eigenvalue weighted by atomic mass is 9.89. The van der Waals surface area contributed by atoms with Crippen LogP contribution in [-0.4, -0.2) is 11.8 Å². The lowest BCUT2D eigenvalue weighted by Crippen LogP contribution is -2.23. The van der Waals surface area contributed by atoms with Gasteiger partial charge < -0.3 is 13.9 Å². The smallest absolute Gasteiger partial charge is 0.314 e. The lowest BCUT2D eigenvalue weighted by Gasteiger charge is -2.20. The van der Waals surface area contributed by atoms with Crippen molar-refractivity contribution < 1.29 is 23.5 Å². The summed E-state index contributed by atoms with van der Waals surface area (Å²) in [5.74, 6) is 2.00. The Balaban J connectivity index is 1.56. The summed E-state index contributed by atoms with van der Waals surface area (Å²) >= 11 is 0. The van der Waals surface area contributed by atoms with E-state index in [0.29, 0.717) is 28.4 Å². The molecule has 2 aliphatic rings. The van der Waals surface area contributed by atoms with Gasteiger partial charge >= 0.3 is 5.97 Å². The van der Waals surface area contributed by atoms with Gasteiger partial charge in [0, 0.05) is 11.6 Å². The van der Waals surface area contributed by atoms with Crippen molar-refractivity contribution in [3.8, 4) is 11.5 Å². The summed E-state index contributed by atoms with van der Waals surface area (Å²) in [5.41, 5.74) is 1.13. The van der Waals surface area contributed by atoms with Crippen LogP contribution >= 0.6 is 0 Å². The van der Waals surface area contributed by atoms with Crippen LogP contribution in [0.3, 0.4) is 0 Å². The van der Waals surface area contributed by atoms with Crippen LogP contribution in [-0.2, 0) is 4.79 Å². The van der Waals surface area contributed by atoms with Gasteiger partial charge in [-0.25, -0.2) is 0 Å². The second kappa shape index (κ2) is 7.06. The maximum absolute atomic E-state index is 12.6. The van der Waals surface area contributed by atoms with Gasteiger partial charge in [0.25, 0.3) is 0 Å². The quantitative estimate of drug-likeness (QED) is 0.434. The highest BCUT2D eigenvalue weighted by Crippen LogP contribution is 2.40. The normalized spacial score (nSPS) is 18.4. The molecule has 0 bridgehead atoms. The molecule has 1 saturated carbocycles. The summed E-state index contributed by atoms with van der Waals surface area (Å²) in [7, 11) is 0. The molecule has 5 nitrogen and oxygen atoms in total. The van der Waals surface area contributed by atoms with E-state index in [1.807, 2.05) is 13.0 Å². The van der Waals surface area contributed by atoms with Crippen molar-refractivity contribution in [2.45, 2.75) is 46.0 Å². The van der Waals surface area contributed by atoms with Gasteiger partial charge in [-0.3, -0.25) is 9.59 Å². The third kappa shape index (κ3) is 3.42. The van der Waals surface area contributed by atoms with Crippen molar-refractivity contribution in [3.63, 3.8) is 0 Å². The number of benzene rings is 1. The van der Waals surface area contributed by atoms with Crippen LogP contribution < -0.4 is 9.47 Å². The Morgan fingerprint density at radius 1 is 1.11 bits per heavy atom. The number of Topliss-reactive ketones (excluding diaryl/α,β-unsaturated/α-hetero) is 1. The molecule has 0 unspecified atom stereocenters.